The van der Waals surface area contributed by atoms with E-state index in [0.29, 0.717) is 11.2 Å². The summed E-state index contributed by atoms with van der Waals surface area (Å²) in [5.74, 6) is 0. The van der Waals surface area contributed by atoms with E-state index in [-0.39, 0.29) is 4.90 Å². The molecule has 0 radical (unpaired) electrons. The summed E-state index contributed by atoms with van der Waals surface area (Å²) in [5.41, 5.74) is 2.13. The molecular weight excluding hydrogens is 296 g/mol. The number of benzene rings is 2. The van der Waals surface area contributed by atoms with Crippen LogP contribution in [0.4, 0.5) is 5.69 Å². The van der Waals surface area contributed by atoms with Gasteiger partial charge in [-0.25, -0.2) is 8.42 Å². The highest BCUT2D eigenvalue weighted by Crippen LogP contribution is 2.27. The number of hydrogen-bond acceptors (Lipinski definition) is 3. The van der Waals surface area contributed by atoms with Crippen molar-refractivity contribution in [1.29, 1.82) is 0 Å². The molecule has 2 aromatic carbocycles. The minimum atomic E-state index is -3.66. The first-order valence-electron chi connectivity index (χ1n) is 6.89. The van der Waals surface area contributed by atoms with E-state index in [1.807, 2.05) is 37.3 Å². The van der Waals surface area contributed by atoms with Gasteiger partial charge in [-0.15, -0.1) is 0 Å². The van der Waals surface area contributed by atoms with Crippen LogP contribution in [0.25, 0.3) is 10.9 Å². The van der Waals surface area contributed by atoms with Crippen LogP contribution in [0.2, 0.25) is 0 Å². The van der Waals surface area contributed by atoms with Gasteiger partial charge in [0.1, 0.15) is 4.90 Å². The molecule has 5 heteroatoms. The molecule has 0 N–H and O–H groups in total. The molecule has 0 atom stereocenters. The summed E-state index contributed by atoms with van der Waals surface area (Å²) in [4.78, 5) is 4.45. The maximum absolute atomic E-state index is 12.9. The Morgan fingerprint density at radius 2 is 1.73 bits per heavy atom. The average molecular weight is 312 g/mol. The fourth-order valence-corrected chi connectivity index (χ4v) is 3.75. The lowest BCUT2D eigenvalue weighted by molar-refractivity contribution is 0.595. The Morgan fingerprint density at radius 3 is 2.50 bits per heavy atom. The summed E-state index contributed by atoms with van der Waals surface area (Å²) in [6.45, 7) is 1.93. The second-order valence-corrected chi connectivity index (χ2v) is 7.08. The lowest BCUT2D eigenvalue weighted by atomic mass is 10.2. The van der Waals surface area contributed by atoms with E-state index >= 15 is 0 Å². The molecule has 1 heterocycles. The molecule has 112 valence electrons. The van der Waals surface area contributed by atoms with E-state index in [4.69, 9.17) is 0 Å². The summed E-state index contributed by atoms with van der Waals surface area (Å²) in [6.07, 6.45) is 1.61. The molecule has 0 saturated carbocycles. The van der Waals surface area contributed by atoms with Crippen LogP contribution in [0.5, 0.6) is 0 Å². The SMILES string of the molecule is Cc1cccc(N(C)S(=O)(=O)c2cccc3cccnc23)c1. The van der Waals surface area contributed by atoms with E-state index in [9.17, 15) is 8.42 Å². The predicted molar refractivity (Wildman–Crippen MR) is 88.5 cm³/mol. The zero-order chi connectivity index (χ0) is 15.7. The molecule has 22 heavy (non-hydrogen) atoms. The second kappa shape index (κ2) is 5.42. The fourth-order valence-electron chi connectivity index (χ4n) is 2.39. The molecule has 3 rings (SSSR count). The number of aromatic nitrogens is 1. The Kier molecular flexibility index (Phi) is 3.58. The Balaban J connectivity index is 2.16. The first-order valence-corrected chi connectivity index (χ1v) is 8.33. The van der Waals surface area contributed by atoms with Crippen molar-refractivity contribution in [2.75, 3.05) is 11.4 Å². The van der Waals surface area contributed by atoms with E-state index < -0.39 is 10.0 Å². The van der Waals surface area contributed by atoms with Gasteiger partial charge in [0.15, 0.2) is 0 Å². The maximum atomic E-state index is 12.9. The Hall–Kier alpha value is -2.40. The van der Waals surface area contributed by atoms with E-state index in [2.05, 4.69) is 4.98 Å². The maximum Gasteiger partial charge on any atom is 0.266 e. The Bertz CT molecular complexity index is 931. The van der Waals surface area contributed by atoms with Gasteiger partial charge in [-0.05, 0) is 36.8 Å². The van der Waals surface area contributed by atoms with Crippen LogP contribution in [-0.4, -0.2) is 20.4 Å². The van der Waals surface area contributed by atoms with Gasteiger partial charge in [0.25, 0.3) is 10.0 Å². The number of aryl methyl sites for hydroxylation is 1. The van der Waals surface area contributed by atoms with Gasteiger partial charge >= 0.3 is 0 Å². The van der Waals surface area contributed by atoms with Crippen LogP contribution in [0.3, 0.4) is 0 Å². The second-order valence-electron chi connectivity index (χ2n) is 5.14. The molecule has 0 unspecified atom stereocenters. The molecule has 4 nitrogen and oxygen atoms in total. The number of pyridine rings is 1. The van der Waals surface area contributed by atoms with Gasteiger partial charge in [0, 0.05) is 18.6 Å². The van der Waals surface area contributed by atoms with E-state index in [1.54, 1.807) is 37.5 Å². The average Bonchev–Trinajstić information content (AvgIpc) is 2.53. The summed E-state index contributed by atoms with van der Waals surface area (Å²) in [5, 5.41) is 0.807. The third-order valence-electron chi connectivity index (χ3n) is 3.60. The van der Waals surface area contributed by atoms with Gasteiger partial charge in [0.2, 0.25) is 0 Å². The zero-order valence-corrected chi connectivity index (χ0v) is 13.2. The van der Waals surface area contributed by atoms with Crippen molar-refractivity contribution < 1.29 is 8.42 Å². The number of sulfonamides is 1. The quantitative estimate of drug-likeness (QED) is 0.745. The number of fused-ring (bicyclic) bond motifs is 1. The molecule has 0 bridgehead atoms. The number of para-hydroxylation sites is 1. The molecule has 0 spiro atoms. The monoisotopic (exact) mass is 312 g/mol. The van der Waals surface area contributed by atoms with Crippen molar-refractivity contribution in [1.82, 2.24) is 4.98 Å². The van der Waals surface area contributed by atoms with Crippen LogP contribution in [0.1, 0.15) is 5.56 Å². The van der Waals surface area contributed by atoms with Gasteiger partial charge in [-0.3, -0.25) is 9.29 Å². The first-order chi connectivity index (χ1) is 10.5. The highest BCUT2D eigenvalue weighted by atomic mass is 32.2. The molecule has 1 aromatic heterocycles. The fraction of sp³-hybridized carbons (Fsp3) is 0.118. The largest absolute Gasteiger partial charge is 0.269 e. The van der Waals surface area contributed by atoms with Crippen LogP contribution < -0.4 is 4.31 Å². The Morgan fingerprint density at radius 1 is 1.00 bits per heavy atom. The smallest absolute Gasteiger partial charge is 0.266 e. The molecule has 3 aromatic rings. The number of rotatable bonds is 3. The van der Waals surface area contributed by atoms with Gasteiger partial charge in [-0.1, -0.05) is 30.3 Å². The third-order valence-corrected chi connectivity index (χ3v) is 5.42. The number of anilines is 1. The molecule has 0 aliphatic heterocycles. The molecule has 0 aliphatic carbocycles. The highest BCUT2D eigenvalue weighted by Gasteiger charge is 2.24. The summed E-state index contributed by atoms with van der Waals surface area (Å²) in [6, 6.07) is 16.2. The number of nitrogens with zero attached hydrogens (tertiary/aromatic N) is 2. The van der Waals surface area contributed by atoms with Crippen LogP contribution in [0, 0.1) is 6.92 Å². The van der Waals surface area contributed by atoms with E-state index in [0.717, 1.165) is 10.9 Å². The summed E-state index contributed by atoms with van der Waals surface area (Å²) < 4.78 is 27.2. The van der Waals surface area contributed by atoms with Crippen molar-refractivity contribution >= 4 is 26.6 Å². The zero-order valence-electron chi connectivity index (χ0n) is 12.4. The van der Waals surface area contributed by atoms with Crippen molar-refractivity contribution in [3.05, 3.63) is 66.4 Å². The number of hydrogen-bond donors (Lipinski definition) is 0. The molecule has 0 amide bonds. The van der Waals surface area contributed by atoms with Gasteiger partial charge in [-0.2, -0.15) is 0 Å². The third kappa shape index (κ3) is 2.44. The molecule has 0 aliphatic rings. The van der Waals surface area contributed by atoms with Crippen molar-refractivity contribution in [3.63, 3.8) is 0 Å². The predicted octanol–water partition coefficient (Wildman–Crippen LogP) is 3.37. The minimum Gasteiger partial charge on any atom is -0.269 e. The molecule has 0 fully saturated rings. The highest BCUT2D eigenvalue weighted by molar-refractivity contribution is 7.93. The van der Waals surface area contributed by atoms with E-state index in [1.165, 1.54) is 4.31 Å². The van der Waals surface area contributed by atoms with Crippen molar-refractivity contribution in [3.8, 4) is 0 Å². The topological polar surface area (TPSA) is 50.3 Å². The van der Waals surface area contributed by atoms with Crippen LogP contribution >= 0.6 is 0 Å². The Labute approximate surface area is 130 Å². The summed E-state index contributed by atoms with van der Waals surface area (Å²) in [7, 11) is -2.10. The lowest BCUT2D eigenvalue weighted by Crippen LogP contribution is -2.26. The minimum absolute atomic E-state index is 0.217. The van der Waals surface area contributed by atoms with Crippen molar-refractivity contribution in [2.24, 2.45) is 0 Å². The molecular formula is C17H16N2O2S. The van der Waals surface area contributed by atoms with Crippen molar-refractivity contribution in [2.45, 2.75) is 11.8 Å². The first kappa shape index (κ1) is 14.5. The summed E-state index contributed by atoms with van der Waals surface area (Å²) >= 11 is 0. The molecule has 0 saturated heterocycles. The van der Waals surface area contributed by atoms with Gasteiger partial charge < -0.3 is 0 Å². The lowest BCUT2D eigenvalue weighted by Gasteiger charge is -2.20. The normalized spacial score (nSPS) is 11.5. The van der Waals surface area contributed by atoms with Crippen LogP contribution in [0.15, 0.2) is 65.7 Å². The standard InChI is InChI=1S/C17H16N2O2S/c1-13-6-3-9-15(12-13)19(2)22(20,21)16-10-4-7-14-8-5-11-18-17(14)16/h3-12H,1-2H3. The van der Waals surface area contributed by atoms with Crippen LogP contribution in [-0.2, 0) is 10.0 Å². The van der Waals surface area contributed by atoms with Gasteiger partial charge in [0.05, 0.1) is 11.2 Å².